The fourth-order valence-corrected chi connectivity index (χ4v) is 3.32. The van der Waals surface area contributed by atoms with Crippen molar-refractivity contribution >= 4 is 23.2 Å². The summed E-state index contributed by atoms with van der Waals surface area (Å²) in [4.78, 5) is 23.1. The highest BCUT2D eigenvalue weighted by Crippen LogP contribution is 2.35. The molecule has 120 valence electrons. The van der Waals surface area contributed by atoms with Crippen LogP contribution in [0.5, 0.6) is 5.75 Å². The van der Waals surface area contributed by atoms with E-state index in [0.717, 1.165) is 17.9 Å². The lowest BCUT2D eigenvalue weighted by molar-refractivity contribution is -0.136. The molecule has 2 fully saturated rings. The lowest BCUT2D eigenvalue weighted by atomic mass is 10.1. The second-order valence-electron chi connectivity index (χ2n) is 5.95. The molecular formula is C15H16N4O3S. The Balaban J connectivity index is 1.52. The van der Waals surface area contributed by atoms with Gasteiger partial charge in [0.2, 0.25) is 5.91 Å². The van der Waals surface area contributed by atoms with Gasteiger partial charge in [0.25, 0.3) is 5.91 Å². The quantitative estimate of drug-likeness (QED) is 0.843. The fourth-order valence-electron chi connectivity index (χ4n) is 2.56. The molecule has 0 spiro atoms. The van der Waals surface area contributed by atoms with Gasteiger partial charge in [-0.1, -0.05) is 5.21 Å². The number of thiophene rings is 1. The predicted molar refractivity (Wildman–Crippen MR) is 83.0 cm³/mol. The van der Waals surface area contributed by atoms with Crippen LogP contribution in [0, 0.1) is 5.92 Å². The lowest BCUT2D eigenvalue weighted by Crippen LogP contribution is -2.41. The standard InChI is InChI=1S/C15H16N4O3S/c20-14-4-3-12(15(21)16-14)19-5-11(17-18-19)10-7-23-8-13(10)22-6-9-1-2-9/h5,7-9,12H,1-4,6H2,(H,16,20,21). The van der Waals surface area contributed by atoms with Crippen molar-refractivity contribution in [3.8, 4) is 17.0 Å². The van der Waals surface area contributed by atoms with Crippen molar-refractivity contribution in [3.05, 3.63) is 17.0 Å². The van der Waals surface area contributed by atoms with Gasteiger partial charge in [-0.3, -0.25) is 14.9 Å². The highest BCUT2D eigenvalue weighted by atomic mass is 32.1. The van der Waals surface area contributed by atoms with Crippen LogP contribution >= 0.6 is 11.3 Å². The minimum atomic E-state index is -0.483. The van der Waals surface area contributed by atoms with E-state index in [-0.39, 0.29) is 11.8 Å². The minimum absolute atomic E-state index is 0.236. The predicted octanol–water partition coefficient (Wildman–Crippen LogP) is 1.77. The molecule has 0 bridgehead atoms. The number of imide groups is 1. The summed E-state index contributed by atoms with van der Waals surface area (Å²) in [5.74, 6) is 0.938. The Labute approximate surface area is 136 Å². The van der Waals surface area contributed by atoms with Crippen LogP contribution in [0.2, 0.25) is 0 Å². The summed E-state index contributed by atoms with van der Waals surface area (Å²) in [7, 11) is 0. The van der Waals surface area contributed by atoms with Gasteiger partial charge in [0.05, 0.1) is 18.4 Å². The summed E-state index contributed by atoms with van der Waals surface area (Å²) in [5.41, 5.74) is 1.58. The zero-order chi connectivity index (χ0) is 15.8. The SMILES string of the molecule is O=C1CCC(n2cc(-c3cscc3OCC3CC3)nn2)C(=O)N1. The van der Waals surface area contributed by atoms with Gasteiger partial charge < -0.3 is 4.74 Å². The van der Waals surface area contributed by atoms with E-state index in [1.165, 1.54) is 17.5 Å². The molecule has 1 atom stereocenters. The highest BCUT2D eigenvalue weighted by molar-refractivity contribution is 7.08. The second-order valence-corrected chi connectivity index (χ2v) is 6.70. The molecule has 1 N–H and O–H groups in total. The smallest absolute Gasteiger partial charge is 0.251 e. The van der Waals surface area contributed by atoms with Crippen LogP contribution in [0.15, 0.2) is 17.0 Å². The van der Waals surface area contributed by atoms with Crippen LogP contribution in [0.3, 0.4) is 0 Å². The number of ether oxygens (including phenoxy) is 1. The third-order valence-electron chi connectivity index (χ3n) is 4.11. The summed E-state index contributed by atoms with van der Waals surface area (Å²) in [6, 6.07) is -0.483. The summed E-state index contributed by atoms with van der Waals surface area (Å²) < 4.78 is 7.38. The van der Waals surface area contributed by atoms with Crippen molar-refractivity contribution in [3.63, 3.8) is 0 Å². The number of hydrogen-bond acceptors (Lipinski definition) is 6. The molecular weight excluding hydrogens is 316 g/mol. The second kappa shape index (κ2) is 5.77. The van der Waals surface area contributed by atoms with Crippen molar-refractivity contribution in [2.24, 2.45) is 5.92 Å². The zero-order valence-electron chi connectivity index (χ0n) is 12.4. The number of aromatic nitrogens is 3. The van der Waals surface area contributed by atoms with Crippen LogP contribution in [-0.4, -0.2) is 33.4 Å². The summed E-state index contributed by atoms with van der Waals surface area (Å²) >= 11 is 1.55. The Morgan fingerprint density at radius 3 is 2.96 bits per heavy atom. The number of carbonyl (C=O) groups is 2. The van der Waals surface area contributed by atoms with Gasteiger partial charge in [-0.05, 0) is 25.2 Å². The average molecular weight is 332 g/mol. The molecule has 1 aliphatic carbocycles. The van der Waals surface area contributed by atoms with E-state index in [1.54, 1.807) is 17.5 Å². The molecule has 1 saturated heterocycles. The molecule has 2 amide bonds. The molecule has 0 radical (unpaired) electrons. The molecule has 4 rings (SSSR count). The molecule has 2 aliphatic rings. The van der Waals surface area contributed by atoms with Crippen molar-refractivity contribution in [1.29, 1.82) is 0 Å². The van der Waals surface area contributed by atoms with Gasteiger partial charge >= 0.3 is 0 Å². The summed E-state index contributed by atoms with van der Waals surface area (Å²) in [5, 5.41) is 14.5. The largest absolute Gasteiger partial charge is 0.492 e. The van der Waals surface area contributed by atoms with E-state index in [9.17, 15) is 9.59 Å². The van der Waals surface area contributed by atoms with Gasteiger partial charge in [-0.25, -0.2) is 4.68 Å². The van der Waals surface area contributed by atoms with Gasteiger partial charge in [-0.15, -0.1) is 16.4 Å². The number of carbonyl (C=O) groups excluding carboxylic acids is 2. The van der Waals surface area contributed by atoms with Crippen LogP contribution in [0.25, 0.3) is 11.3 Å². The maximum absolute atomic E-state index is 11.9. The maximum atomic E-state index is 11.9. The maximum Gasteiger partial charge on any atom is 0.251 e. The number of rotatable bonds is 5. The van der Waals surface area contributed by atoms with Gasteiger partial charge in [-0.2, -0.15) is 0 Å². The van der Waals surface area contributed by atoms with Crippen LogP contribution < -0.4 is 10.1 Å². The number of piperidine rings is 1. The van der Waals surface area contributed by atoms with E-state index < -0.39 is 6.04 Å². The summed E-state index contributed by atoms with van der Waals surface area (Å²) in [6.45, 7) is 0.741. The third-order valence-corrected chi connectivity index (χ3v) is 4.84. The Kier molecular flexibility index (Phi) is 3.60. The third kappa shape index (κ3) is 2.98. The molecule has 7 nitrogen and oxygen atoms in total. The normalized spacial score (nSPS) is 21.3. The number of hydrogen-bond donors (Lipinski definition) is 1. The summed E-state index contributed by atoms with van der Waals surface area (Å²) in [6.07, 6.45) is 4.99. The lowest BCUT2D eigenvalue weighted by Gasteiger charge is -2.20. The van der Waals surface area contributed by atoms with Crippen LogP contribution in [-0.2, 0) is 9.59 Å². The molecule has 0 aromatic carbocycles. The molecule has 1 unspecified atom stereocenters. The topological polar surface area (TPSA) is 86.1 Å². The van der Waals surface area contributed by atoms with E-state index >= 15 is 0 Å². The first-order chi connectivity index (χ1) is 11.2. The molecule has 2 aromatic rings. The van der Waals surface area contributed by atoms with Crippen molar-refractivity contribution < 1.29 is 14.3 Å². The monoisotopic (exact) mass is 332 g/mol. The Morgan fingerprint density at radius 1 is 1.30 bits per heavy atom. The van der Waals surface area contributed by atoms with Gasteiger partial charge in [0.15, 0.2) is 0 Å². The van der Waals surface area contributed by atoms with E-state index in [2.05, 4.69) is 15.6 Å². The van der Waals surface area contributed by atoms with Crippen molar-refractivity contribution in [2.45, 2.75) is 31.7 Å². The molecule has 3 heterocycles. The molecule has 23 heavy (non-hydrogen) atoms. The van der Waals surface area contributed by atoms with E-state index in [1.807, 2.05) is 10.8 Å². The molecule has 8 heteroatoms. The molecule has 2 aromatic heterocycles. The highest BCUT2D eigenvalue weighted by Gasteiger charge is 2.29. The number of nitrogens with one attached hydrogen (secondary N) is 1. The van der Waals surface area contributed by atoms with Crippen molar-refractivity contribution in [1.82, 2.24) is 20.3 Å². The Morgan fingerprint density at radius 2 is 2.17 bits per heavy atom. The molecule has 1 saturated carbocycles. The first-order valence-electron chi connectivity index (χ1n) is 7.65. The zero-order valence-corrected chi connectivity index (χ0v) is 13.2. The molecule has 1 aliphatic heterocycles. The Bertz CT molecular complexity index is 749. The average Bonchev–Trinajstić information content (AvgIpc) is 3.04. The minimum Gasteiger partial charge on any atom is -0.492 e. The first-order valence-corrected chi connectivity index (χ1v) is 8.60. The number of nitrogens with zero attached hydrogens (tertiary/aromatic N) is 3. The first kappa shape index (κ1) is 14.4. The van der Waals surface area contributed by atoms with Gasteiger partial charge in [0.1, 0.15) is 17.5 Å². The van der Waals surface area contributed by atoms with E-state index in [4.69, 9.17) is 4.74 Å². The fraction of sp³-hybridized carbons (Fsp3) is 0.467. The van der Waals surface area contributed by atoms with Crippen molar-refractivity contribution in [2.75, 3.05) is 6.61 Å². The van der Waals surface area contributed by atoms with Gasteiger partial charge in [0, 0.05) is 17.2 Å². The van der Waals surface area contributed by atoms with Crippen LogP contribution in [0.1, 0.15) is 31.7 Å². The van der Waals surface area contributed by atoms with E-state index in [0.29, 0.717) is 24.5 Å². The van der Waals surface area contributed by atoms with Crippen LogP contribution in [0.4, 0.5) is 0 Å². The Hall–Kier alpha value is -2.22. The number of amides is 2.